The maximum atomic E-state index is 13.7. The molecule has 96 valence electrons. The highest BCUT2D eigenvalue weighted by Crippen LogP contribution is 2.19. The lowest BCUT2D eigenvalue weighted by atomic mass is 10.2. The third-order valence-electron chi connectivity index (χ3n) is 2.30. The molecule has 0 aliphatic heterocycles. The van der Waals surface area contributed by atoms with Crippen LogP contribution in [0.4, 0.5) is 4.39 Å². The Hall–Kier alpha value is -1.13. The van der Waals surface area contributed by atoms with E-state index in [4.69, 9.17) is 9.47 Å². The number of rotatable bonds is 7. The number of benzene rings is 1. The van der Waals surface area contributed by atoms with Gasteiger partial charge in [0, 0.05) is 13.7 Å². The zero-order valence-corrected chi connectivity index (χ0v) is 10.6. The predicted molar refractivity (Wildman–Crippen MR) is 65.7 cm³/mol. The molecule has 0 heterocycles. The van der Waals surface area contributed by atoms with E-state index in [1.165, 1.54) is 6.07 Å². The molecule has 4 heteroatoms. The van der Waals surface area contributed by atoms with Gasteiger partial charge in [-0.15, -0.1) is 0 Å². The van der Waals surface area contributed by atoms with Gasteiger partial charge in [-0.1, -0.05) is 13.0 Å². The van der Waals surface area contributed by atoms with Crippen molar-refractivity contribution < 1.29 is 13.9 Å². The summed E-state index contributed by atoms with van der Waals surface area (Å²) in [6.45, 7) is 5.83. The van der Waals surface area contributed by atoms with Crippen LogP contribution < -0.4 is 10.1 Å². The van der Waals surface area contributed by atoms with Crippen LogP contribution in [-0.4, -0.2) is 26.4 Å². The van der Waals surface area contributed by atoms with Crippen molar-refractivity contribution in [3.8, 4) is 5.75 Å². The zero-order chi connectivity index (χ0) is 12.7. The van der Waals surface area contributed by atoms with E-state index in [1.807, 2.05) is 19.9 Å². The van der Waals surface area contributed by atoms with Gasteiger partial charge in [0.1, 0.15) is 6.10 Å². The normalized spacial score (nSPS) is 12.5. The van der Waals surface area contributed by atoms with Crippen molar-refractivity contribution in [2.45, 2.75) is 26.5 Å². The van der Waals surface area contributed by atoms with Gasteiger partial charge in [-0.2, -0.15) is 0 Å². The molecule has 0 radical (unpaired) electrons. The highest BCUT2D eigenvalue weighted by atomic mass is 19.1. The fourth-order valence-corrected chi connectivity index (χ4v) is 1.50. The molecule has 0 saturated carbocycles. The van der Waals surface area contributed by atoms with Crippen LogP contribution in [0.5, 0.6) is 5.75 Å². The van der Waals surface area contributed by atoms with E-state index in [0.29, 0.717) is 13.2 Å². The second kappa shape index (κ2) is 7.25. The van der Waals surface area contributed by atoms with Crippen LogP contribution in [0.3, 0.4) is 0 Å². The van der Waals surface area contributed by atoms with Gasteiger partial charge in [0.25, 0.3) is 0 Å². The number of halogens is 1. The number of nitrogens with one attached hydrogen (secondary N) is 1. The van der Waals surface area contributed by atoms with E-state index in [9.17, 15) is 4.39 Å². The lowest BCUT2D eigenvalue weighted by Crippen LogP contribution is -2.18. The van der Waals surface area contributed by atoms with Crippen LogP contribution in [0, 0.1) is 5.82 Å². The Labute approximate surface area is 102 Å². The maximum Gasteiger partial charge on any atom is 0.165 e. The van der Waals surface area contributed by atoms with Crippen molar-refractivity contribution in [2.24, 2.45) is 0 Å². The number of ether oxygens (including phenoxy) is 2. The standard InChI is InChI=1S/C13H20FNO2/c1-4-15-8-11-5-6-13(12(14)7-11)17-10(2)9-16-3/h5-7,10,15H,4,8-9H2,1-3H3. The fraction of sp³-hybridized carbons (Fsp3) is 0.538. The summed E-state index contributed by atoms with van der Waals surface area (Å²) in [5.41, 5.74) is 0.913. The van der Waals surface area contributed by atoms with Gasteiger partial charge in [0.15, 0.2) is 11.6 Å². The largest absolute Gasteiger partial charge is 0.485 e. The van der Waals surface area contributed by atoms with Crippen LogP contribution >= 0.6 is 0 Å². The molecule has 0 spiro atoms. The van der Waals surface area contributed by atoms with Crippen LogP contribution in [-0.2, 0) is 11.3 Å². The van der Waals surface area contributed by atoms with Gasteiger partial charge in [0.2, 0.25) is 0 Å². The highest BCUT2D eigenvalue weighted by molar-refractivity contribution is 5.29. The van der Waals surface area contributed by atoms with Crippen molar-refractivity contribution in [1.82, 2.24) is 5.32 Å². The van der Waals surface area contributed by atoms with Gasteiger partial charge >= 0.3 is 0 Å². The average Bonchev–Trinajstić information content (AvgIpc) is 2.30. The van der Waals surface area contributed by atoms with Crippen molar-refractivity contribution in [3.63, 3.8) is 0 Å². The van der Waals surface area contributed by atoms with E-state index < -0.39 is 0 Å². The molecular formula is C13H20FNO2. The fourth-order valence-electron chi connectivity index (χ4n) is 1.50. The molecule has 1 unspecified atom stereocenters. The molecule has 1 aromatic rings. The average molecular weight is 241 g/mol. The molecular weight excluding hydrogens is 221 g/mol. The second-order valence-electron chi connectivity index (χ2n) is 3.93. The SMILES string of the molecule is CCNCc1ccc(OC(C)COC)c(F)c1. The van der Waals surface area contributed by atoms with E-state index in [1.54, 1.807) is 13.2 Å². The van der Waals surface area contributed by atoms with Crippen LogP contribution in [0.1, 0.15) is 19.4 Å². The van der Waals surface area contributed by atoms with Gasteiger partial charge < -0.3 is 14.8 Å². The van der Waals surface area contributed by atoms with E-state index in [0.717, 1.165) is 12.1 Å². The molecule has 0 fully saturated rings. The van der Waals surface area contributed by atoms with Crippen molar-refractivity contribution in [3.05, 3.63) is 29.6 Å². The third-order valence-corrected chi connectivity index (χ3v) is 2.30. The maximum absolute atomic E-state index is 13.7. The first kappa shape index (κ1) is 13.9. The van der Waals surface area contributed by atoms with Crippen molar-refractivity contribution in [1.29, 1.82) is 0 Å². The summed E-state index contributed by atoms with van der Waals surface area (Å²) in [7, 11) is 1.59. The molecule has 1 atom stereocenters. The predicted octanol–water partition coefficient (Wildman–Crippen LogP) is 2.35. The first-order valence-electron chi connectivity index (χ1n) is 5.82. The van der Waals surface area contributed by atoms with Gasteiger partial charge in [-0.05, 0) is 31.2 Å². The number of hydrogen-bond donors (Lipinski definition) is 1. The highest BCUT2D eigenvalue weighted by Gasteiger charge is 2.08. The molecule has 0 saturated heterocycles. The Kier molecular flexibility index (Phi) is 5.94. The topological polar surface area (TPSA) is 30.5 Å². The monoisotopic (exact) mass is 241 g/mol. The summed E-state index contributed by atoms with van der Waals surface area (Å²) in [5, 5.41) is 3.14. The summed E-state index contributed by atoms with van der Waals surface area (Å²) in [6, 6.07) is 5.02. The van der Waals surface area contributed by atoms with E-state index >= 15 is 0 Å². The Morgan fingerprint density at radius 3 is 2.76 bits per heavy atom. The Morgan fingerprint density at radius 2 is 2.18 bits per heavy atom. The minimum Gasteiger partial charge on any atom is -0.485 e. The lowest BCUT2D eigenvalue weighted by Gasteiger charge is -2.14. The Balaban J connectivity index is 2.62. The molecule has 1 N–H and O–H groups in total. The molecule has 1 aromatic carbocycles. The second-order valence-corrected chi connectivity index (χ2v) is 3.93. The van der Waals surface area contributed by atoms with Crippen molar-refractivity contribution >= 4 is 0 Å². The van der Waals surface area contributed by atoms with E-state index in [-0.39, 0.29) is 17.7 Å². The minimum absolute atomic E-state index is 0.158. The third kappa shape index (κ3) is 4.71. The summed E-state index contributed by atoms with van der Waals surface area (Å²) >= 11 is 0. The summed E-state index contributed by atoms with van der Waals surface area (Å²) < 4.78 is 24.0. The van der Waals surface area contributed by atoms with Gasteiger partial charge in [-0.25, -0.2) is 4.39 Å². The molecule has 1 rings (SSSR count). The van der Waals surface area contributed by atoms with Gasteiger partial charge in [-0.3, -0.25) is 0 Å². The summed E-state index contributed by atoms with van der Waals surface area (Å²) in [5.74, 6) is -0.0573. The van der Waals surface area contributed by atoms with Crippen molar-refractivity contribution in [2.75, 3.05) is 20.3 Å². The molecule has 3 nitrogen and oxygen atoms in total. The zero-order valence-electron chi connectivity index (χ0n) is 10.6. The van der Waals surface area contributed by atoms with Crippen LogP contribution in [0.2, 0.25) is 0 Å². The molecule has 0 aliphatic rings. The number of methoxy groups -OCH3 is 1. The van der Waals surface area contributed by atoms with E-state index in [2.05, 4.69) is 5.32 Å². The lowest BCUT2D eigenvalue weighted by molar-refractivity contribution is 0.0892. The molecule has 0 bridgehead atoms. The Bertz CT molecular complexity index is 344. The minimum atomic E-state index is -0.330. The summed E-state index contributed by atoms with van der Waals surface area (Å²) in [6.07, 6.45) is -0.158. The van der Waals surface area contributed by atoms with Gasteiger partial charge in [0.05, 0.1) is 6.61 Å². The first-order valence-corrected chi connectivity index (χ1v) is 5.82. The first-order chi connectivity index (χ1) is 8.17. The summed E-state index contributed by atoms with van der Waals surface area (Å²) in [4.78, 5) is 0. The van der Waals surface area contributed by atoms with Crippen LogP contribution in [0.25, 0.3) is 0 Å². The smallest absolute Gasteiger partial charge is 0.165 e. The molecule has 17 heavy (non-hydrogen) atoms. The number of hydrogen-bond acceptors (Lipinski definition) is 3. The molecule has 0 amide bonds. The Morgan fingerprint density at radius 1 is 1.41 bits per heavy atom. The molecule has 0 aromatic heterocycles. The molecule has 0 aliphatic carbocycles. The van der Waals surface area contributed by atoms with Crippen LogP contribution in [0.15, 0.2) is 18.2 Å². The quantitative estimate of drug-likeness (QED) is 0.795.